The fraction of sp³-hybridized carbons (Fsp3) is 0.222. The van der Waals surface area contributed by atoms with E-state index in [2.05, 4.69) is 9.97 Å². The highest BCUT2D eigenvalue weighted by molar-refractivity contribution is 8.00. The van der Waals surface area contributed by atoms with Crippen molar-refractivity contribution in [3.8, 4) is 0 Å². The van der Waals surface area contributed by atoms with E-state index in [-0.39, 0.29) is 6.42 Å². The van der Waals surface area contributed by atoms with E-state index in [4.69, 9.17) is 16.7 Å². The van der Waals surface area contributed by atoms with Crippen molar-refractivity contribution in [1.82, 2.24) is 9.97 Å². The van der Waals surface area contributed by atoms with Gasteiger partial charge in [0, 0.05) is 22.2 Å². The van der Waals surface area contributed by atoms with Crippen LogP contribution in [0, 0.1) is 0 Å². The Kier molecular flexibility index (Phi) is 4.38. The van der Waals surface area contributed by atoms with Gasteiger partial charge < -0.3 is 5.11 Å². The molecule has 0 radical (unpaired) electrons. The predicted octanol–water partition coefficient (Wildman–Crippen LogP) is 3.17. The van der Waals surface area contributed by atoms with Gasteiger partial charge in [0.15, 0.2) is 4.47 Å². The van der Waals surface area contributed by atoms with E-state index in [1.807, 2.05) is 0 Å². The Morgan fingerprint density at radius 3 is 3.06 bits per heavy atom. The van der Waals surface area contributed by atoms with Crippen molar-refractivity contribution >= 4 is 52.0 Å². The molecule has 17 heavy (non-hydrogen) atoms. The maximum absolute atomic E-state index is 10.5. The molecule has 0 aromatic carbocycles. The molecule has 4 nitrogen and oxygen atoms in total. The molecule has 0 aliphatic carbocycles. The van der Waals surface area contributed by atoms with Crippen molar-refractivity contribution < 1.29 is 9.90 Å². The molecule has 0 spiro atoms. The number of hydrogen-bond donors (Lipinski definition) is 1. The normalized spacial score (nSPS) is 10.6. The first-order chi connectivity index (χ1) is 8.13. The van der Waals surface area contributed by atoms with Gasteiger partial charge in [-0.3, -0.25) is 4.79 Å². The summed E-state index contributed by atoms with van der Waals surface area (Å²) in [4.78, 5) is 19.7. The first-order valence-electron chi connectivity index (χ1n) is 4.52. The number of nitrogens with zero attached hydrogens (tertiary/aromatic N) is 2. The summed E-state index contributed by atoms with van der Waals surface area (Å²) in [6.45, 7) is 0. The molecule has 0 atom stereocenters. The summed E-state index contributed by atoms with van der Waals surface area (Å²) in [5.41, 5.74) is 0.604. The Morgan fingerprint density at radius 2 is 2.41 bits per heavy atom. The maximum Gasteiger partial charge on any atom is 0.309 e. The second kappa shape index (κ2) is 5.81. The van der Waals surface area contributed by atoms with Crippen LogP contribution in [0.3, 0.4) is 0 Å². The lowest BCUT2D eigenvalue weighted by atomic mass is 10.3. The van der Waals surface area contributed by atoms with Gasteiger partial charge >= 0.3 is 5.97 Å². The topological polar surface area (TPSA) is 63.1 Å². The van der Waals surface area contributed by atoms with Crippen molar-refractivity contribution in [2.45, 2.75) is 16.5 Å². The lowest BCUT2D eigenvalue weighted by Crippen LogP contribution is -1.99. The summed E-state index contributed by atoms with van der Waals surface area (Å²) in [6, 6.07) is 0. The second-order valence-corrected chi connectivity index (χ2v) is 6.82. The first-order valence-corrected chi connectivity index (χ1v) is 7.58. The molecule has 2 aromatic rings. The van der Waals surface area contributed by atoms with Crippen LogP contribution in [0.15, 0.2) is 15.9 Å². The quantitative estimate of drug-likeness (QED) is 0.860. The number of hydrogen-bond acceptors (Lipinski definition) is 6. The van der Waals surface area contributed by atoms with E-state index in [1.54, 1.807) is 23.3 Å². The number of carboxylic acids is 1. The highest BCUT2D eigenvalue weighted by Crippen LogP contribution is 2.29. The lowest BCUT2D eigenvalue weighted by molar-refractivity contribution is -0.136. The van der Waals surface area contributed by atoms with E-state index >= 15 is 0 Å². The zero-order chi connectivity index (χ0) is 12.3. The standard InChI is InChI=1S/C9H7ClN2O2S3/c10-8-11-2-6(17-8)4-16-9-12-5(3-15-9)1-7(13)14/h2-3H,1,4H2,(H,13,14). The van der Waals surface area contributed by atoms with Crippen LogP contribution in [0.25, 0.3) is 0 Å². The summed E-state index contributed by atoms with van der Waals surface area (Å²) in [5.74, 6) is -0.106. The molecule has 8 heteroatoms. The maximum atomic E-state index is 10.5. The number of thiazole rings is 2. The fourth-order valence-corrected chi connectivity index (χ4v) is 3.92. The number of carboxylic acid groups (broad SMARTS) is 1. The van der Waals surface area contributed by atoms with Crippen LogP contribution >= 0.6 is 46.0 Å². The number of carbonyl (C=O) groups is 1. The molecule has 0 aliphatic rings. The molecular weight excluding hydrogens is 300 g/mol. The van der Waals surface area contributed by atoms with Crippen molar-refractivity contribution in [3.63, 3.8) is 0 Å². The van der Waals surface area contributed by atoms with Crippen LogP contribution in [0.4, 0.5) is 0 Å². The Bertz CT molecular complexity index is 526. The van der Waals surface area contributed by atoms with Crippen LogP contribution in [0.5, 0.6) is 0 Å². The summed E-state index contributed by atoms with van der Waals surface area (Å²) in [5, 5.41) is 10.4. The third-order valence-corrected chi connectivity index (χ3v) is 5.14. The van der Waals surface area contributed by atoms with Crippen LogP contribution in [-0.2, 0) is 17.0 Å². The minimum Gasteiger partial charge on any atom is -0.481 e. The Hall–Kier alpha value is -0.630. The molecule has 1 N–H and O–H groups in total. The minimum absolute atomic E-state index is 0.0244. The molecule has 0 amide bonds. The molecule has 0 aliphatic heterocycles. The molecule has 0 saturated heterocycles. The number of thioether (sulfide) groups is 1. The summed E-state index contributed by atoms with van der Waals surface area (Å²) in [6.07, 6.45) is 1.72. The van der Waals surface area contributed by atoms with Gasteiger partial charge in [-0.2, -0.15) is 0 Å². The predicted molar refractivity (Wildman–Crippen MR) is 70.1 cm³/mol. The smallest absolute Gasteiger partial charge is 0.309 e. The third-order valence-electron chi connectivity index (χ3n) is 1.73. The second-order valence-electron chi connectivity index (χ2n) is 3.04. The van der Waals surface area contributed by atoms with E-state index in [0.717, 1.165) is 15.0 Å². The third kappa shape index (κ3) is 3.95. The van der Waals surface area contributed by atoms with Crippen molar-refractivity contribution in [1.29, 1.82) is 0 Å². The van der Waals surface area contributed by atoms with Gasteiger partial charge in [0.05, 0.1) is 12.1 Å². The summed E-state index contributed by atoms with van der Waals surface area (Å²) < 4.78 is 1.40. The van der Waals surface area contributed by atoms with Gasteiger partial charge in [0.1, 0.15) is 4.34 Å². The molecule has 2 aromatic heterocycles. The van der Waals surface area contributed by atoms with Gasteiger partial charge in [-0.05, 0) is 0 Å². The molecule has 0 saturated carbocycles. The average Bonchev–Trinajstić information content (AvgIpc) is 2.84. The fourth-order valence-electron chi connectivity index (χ4n) is 1.07. The minimum atomic E-state index is -0.860. The van der Waals surface area contributed by atoms with Crippen molar-refractivity contribution in [2.24, 2.45) is 0 Å². The van der Waals surface area contributed by atoms with E-state index in [9.17, 15) is 4.79 Å². The molecule has 0 unspecified atom stereocenters. The van der Waals surface area contributed by atoms with E-state index in [0.29, 0.717) is 10.2 Å². The lowest BCUT2D eigenvalue weighted by Gasteiger charge is -1.92. The van der Waals surface area contributed by atoms with Crippen molar-refractivity contribution in [2.75, 3.05) is 0 Å². The van der Waals surface area contributed by atoms with Crippen LogP contribution in [0.2, 0.25) is 4.47 Å². The van der Waals surface area contributed by atoms with Gasteiger partial charge in [0.2, 0.25) is 0 Å². The number of halogens is 1. The molecular formula is C9H7ClN2O2S3. The molecule has 2 heterocycles. The average molecular weight is 307 g/mol. The zero-order valence-corrected chi connectivity index (χ0v) is 11.6. The van der Waals surface area contributed by atoms with Gasteiger partial charge in [0.25, 0.3) is 0 Å². The molecule has 2 rings (SSSR count). The van der Waals surface area contributed by atoms with Gasteiger partial charge in [-0.25, -0.2) is 9.97 Å². The van der Waals surface area contributed by atoms with E-state index in [1.165, 1.54) is 22.7 Å². The number of aliphatic carboxylic acids is 1. The Balaban J connectivity index is 1.91. The largest absolute Gasteiger partial charge is 0.481 e. The number of aromatic nitrogens is 2. The van der Waals surface area contributed by atoms with Crippen molar-refractivity contribution in [3.05, 3.63) is 26.6 Å². The Morgan fingerprint density at radius 1 is 1.59 bits per heavy atom. The highest BCUT2D eigenvalue weighted by atomic mass is 35.5. The first kappa shape index (κ1) is 12.8. The highest BCUT2D eigenvalue weighted by Gasteiger charge is 2.07. The summed E-state index contributed by atoms with van der Waals surface area (Å²) >= 11 is 10.2. The van der Waals surface area contributed by atoms with Crippen LogP contribution in [0.1, 0.15) is 10.6 Å². The van der Waals surface area contributed by atoms with Crippen LogP contribution in [-0.4, -0.2) is 21.0 Å². The zero-order valence-electron chi connectivity index (χ0n) is 8.42. The van der Waals surface area contributed by atoms with Crippen LogP contribution < -0.4 is 0 Å². The molecule has 0 bridgehead atoms. The van der Waals surface area contributed by atoms with Gasteiger partial charge in [-0.1, -0.05) is 23.4 Å². The monoisotopic (exact) mass is 306 g/mol. The molecule has 90 valence electrons. The number of rotatable bonds is 5. The van der Waals surface area contributed by atoms with E-state index < -0.39 is 5.97 Å². The summed E-state index contributed by atoms with van der Waals surface area (Å²) in [7, 11) is 0. The van der Waals surface area contributed by atoms with Gasteiger partial charge in [-0.15, -0.1) is 22.7 Å². The SMILES string of the molecule is O=C(O)Cc1csc(SCc2cnc(Cl)s2)n1. The molecule has 0 fully saturated rings. The Labute approximate surface area is 115 Å².